The Bertz CT molecular complexity index is 474. The molecular formula is C22H37NO2. The van der Waals surface area contributed by atoms with Gasteiger partial charge in [0, 0.05) is 12.5 Å². The van der Waals surface area contributed by atoms with Crippen molar-refractivity contribution in [1.29, 1.82) is 0 Å². The Labute approximate surface area is 154 Å². The molecule has 4 atom stereocenters. The summed E-state index contributed by atoms with van der Waals surface area (Å²) in [4.78, 5) is 2.56. The number of ether oxygens (including phenoxy) is 2. The van der Waals surface area contributed by atoms with Gasteiger partial charge in [-0.2, -0.15) is 0 Å². The number of rotatable bonds is 6. The smallest absolute Gasteiger partial charge is 0.161 e. The lowest BCUT2D eigenvalue weighted by molar-refractivity contribution is -0.113. The number of piperidine rings is 1. The molecule has 3 aliphatic rings. The molecular weight excluding hydrogens is 310 g/mol. The number of likely N-dealkylation sites (tertiary alicyclic amines) is 1. The van der Waals surface area contributed by atoms with Gasteiger partial charge in [0.25, 0.3) is 0 Å². The van der Waals surface area contributed by atoms with Gasteiger partial charge in [0.1, 0.15) is 0 Å². The molecule has 0 saturated carbocycles. The maximum Gasteiger partial charge on any atom is 0.161 e. The third-order valence-electron chi connectivity index (χ3n) is 6.04. The van der Waals surface area contributed by atoms with E-state index in [9.17, 15) is 0 Å². The molecule has 3 heteroatoms. The van der Waals surface area contributed by atoms with Crippen molar-refractivity contribution in [2.45, 2.75) is 78.1 Å². The summed E-state index contributed by atoms with van der Waals surface area (Å²) in [6.07, 6.45) is 13.9. The van der Waals surface area contributed by atoms with Crippen LogP contribution >= 0.6 is 0 Å². The van der Waals surface area contributed by atoms with Crippen molar-refractivity contribution in [3.8, 4) is 0 Å². The number of nitrogens with zero attached hydrogens (tertiary/aromatic N) is 1. The van der Waals surface area contributed by atoms with Gasteiger partial charge in [-0.05, 0) is 71.4 Å². The molecule has 0 aromatic carbocycles. The van der Waals surface area contributed by atoms with Gasteiger partial charge in [-0.3, -0.25) is 0 Å². The number of hydrogen-bond donors (Lipinski definition) is 0. The van der Waals surface area contributed by atoms with Crippen LogP contribution in [0.5, 0.6) is 0 Å². The van der Waals surface area contributed by atoms with E-state index in [0.29, 0.717) is 11.8 Å². The molecule has 1 aliphatic carbocycles. The first-order valence-corrected chi connectivity index (χ1v) is 10.4. The van der Waals surface area contributed by atoms with E-state index < -0.39 is 0 Å². The highest BCUT2D eigenvalue weighted by Gasteiger charge is 2.37. The molecule has 4 unspecified atom stereocenters. The normalized spacial score (nSPS) is 34.0. The summed E-state index contributed by atoms with van der Waals surface area (Å²) in [6.45, 7) is 11.1. The summed E-state index contributed by atoms with van der Waals surface area (Å²) in [6, 6.07) is 0. The Hall–Kier alpha value is -0.640. The van der Waals surface area contributed by atoms with Crippen molar-refractivity contribution < 1.29 is 9.47 Å². The topological polar surface area (TPSA) is 21.7 Å². The SMILES string of the molecule is CC(C)=CCCC1=CCC(C2OCC(CN3CCCCC3)O2)C(C)C1. The van der Waals surface area contributed by atoms with Crippen LogP contribution in [0.25, 0.3) is 0 Å². The number of hydrogen-bond acceptors (Lipinski definition) is 3. The van der Waals surface area contributed by atoms with Gasteiger partial charge < -0.3 is 14.4 Å². The Kier molecular flexibility index (Phi) is 7.15. The predicted octanol–water partition coefficient (Wildman–Crippen LogP) is 4.93. The van der Waals surface area contributed by atoms with Gasteiger partial charge in [0.05, 0.1) is 12.7 Å². The molecule has 0 aromatic rings. The average Bonchev–Trinajstić information content (AvgIpc) is 3.04. The molecule has 0 bridgehead atoms. The molecule has 0 aromatic heterocycles. The van der Waals surface area contributed by atoms with Crippen molar-refractivity contribution in [1.82, 2.24) is 4.90 Å². The molecule has 2 heterocycles. The quantitative estimate of drug-likeness (QED) is 0.636. The minimum absolute atomic E-state index is 0.0142. The molecule has 2 fully saturated rings. The highest BCUT2D eigenvalue weighted by atomic mass is 16.7. The molecule has 3 nitrogen and oxygen atoms in total. The largest absolute Gasteiger partial charge is 0.350 e. The third kappa shape index (κ3) is 5.67. The van der Waals surface area contributed by atoms with E-state index >= 15 is 0 Å². The summed E-state index contributed by atoms with van der Waals surface area (Å²) in [5.74, 6) is 1.18. The van der Waals surface area contributed by atoms with Crippen molar-refractivity contribution in [2.75, 3.05) is 26.2 Å². The first kappa shape index (κ1) is 19.1. The summed E-state index contributed by atoms with van der Waals surface area (Å²) in [5.41, 5.74) is 3.05. The van der Waals surface area contributed by atoms with E-state index in [2.05, 4.69) is 37.8 Å². The van der Waals surface area contributed by atoms with Crippen molar-refractivity contribution in [2.24, 2.45) is 11.8 Å². The Balaban J connectivity index is 1.45. The van der Waals surface area contributed by atoms with Gasteiger partial charge in [0.2, 0.25) is 0 Å². The lowest BCUT2D eigenvalue weighted by Gasteiger charge is -2.32. The second-order valence-corrected chi connectivity index (χ2v) is 8.58. The molecule has 2 aliphatic heterocycles. The fourth-order valence-electron chi connectivity index (χ4n) is 4.53. The zero-order valence-electron chi connectivity index (χ0n) is 16.5. The minimum Gasteiger partial charge on any atom is -0.350 e. The zero-order valence-corrected chi connectivity index (χ0v) is 16.5. The lowest BCUT2D eigenvalue weighted by atomic mass is 9.79. The van der Waals surface area contributed by atoms with Crippen LogP contribution in [0.4, 0.5) is 0 Å². The van der Waals surface area contributed by atoms with Gasteiger partial charge in [-0.25, -0.2) is 0 Å². The lowest BCUT2D eigenvalue weighted by Crippen LogP contribution is -2.38. The second-order valence-electron chi connectivity index (χ2n) is 8.58. The standard InChI is InChI=1S/C22H37NO2/c1-17(2)8-7-9-19-10-11-21(18(3)14-19)22-24-16-20(25-22)15-23-12-5-4-6-13-23/h8,10,18,20-22H,4-7,9,11-16H2,1-3H3. The van der Waals surface area contributed by atoms with E-state index in [0.717, 1.165) is 19.6 Å². The van der Waals surface area contributed by atoms with Crippen molar-refractivity contribution in [3.63, 3.8) is 0 Å². The van der Waals surface area contributed by atoms with E-state index in [1.54, 1.807) is 5.57 Å². The highest BCUT2D eigenvalue weighted by Crippen LogP contribution is 2.37. The van der Waals surface area contributed by atoms with E-state index in [1.165, 1.54) is 57.2 Å². The van der Waals surface area contributed by atoms with Crippen LogP contribution in [0, 0.1) is 11.8 Å². The fourth-order valence-corrected chi connectivity index (χ4v) is 4.53. The van der Waals surface area contributed by atoms with Crippen molar-refractivity contribution >= 4 is 0 Å². The second kappa shape index (κ2) is 9.34. The van der Waals surface area contributed by atoms with E-state index in [-0.39, 0.29) is 12.4 Å². The van der Waals surface area contributed by atoms with E-state index in [4.69, 9.17) is 9.47 Å². The molecule has 0 radical (unpaired) electrons. The molecule has 142 valence electrons. The molecule has 2 saturated heterocycles. The average molecular weight is 348 g/mol. The van der Waals surface area contributed by atoms with Crippen LogP contribution in [0.2, 0.25) is 0 Å². The van der Waals surface area contributed by atoms with Crippen LogP contribution in [-0.4, -0.2) is 43.5 Å². The zero-order chi connectivity index (χ0) is 17.6. The third-order valence-corrected chi connectivity index (χ3v) is 6.04. The molecule has 0 N–H and O–H groups in total. The van der Waals surface area contributed by atoms with Crippen LogP contribution in [0.15, 0.2) is 23.3 Å². The van der Waals surface area contributed by atoms with Crippen LogP contribution in [0.1, 0.15) is 65.7 Å². The minimum atomic E-state index is 0.0142. The van der Waals surface area contributed by atoms with Gasteiger partial charge in [-0.1, -0.05) is 36.6 Å². The summed E-state index contributed by atoms with van der Waals surface area (Å²) < 4.78 is 12.4. The summed E-state index contributed by atoms with van der Waals surface area (Å²) in [7, 11) is 0. The predicted molar refractivity (Wildman–Crippen MR) is 104 cm³/mol. The van der Waals surface area contributed by atoms with Crippen LogP contribution < -0.4 is 0 Å². The maximum atomic E-state index is 6.32. The molecule has 0 amide bonds. The molecule has 25 heavy (non-hydrogen) atoms. The van der Waals surface area contributed by atoms with Gasteiger partial charge in [-0.15, -0.1) is 0 Å². The monoisotopic (exact) mass is 347 g/mol. The Morgan fingerprint density at radius 3 is 2.76 bits per heavy atom. The fraction of sp³-hybridized carbons (Fsp3) is 0.818. The number of allylic oxidation sites excluding steroid dienone is 4. The van der Waals surface area contributed by atoms with Crippen LogP contribution in [-0.2, 0) is 9.47 Å². The van der Waals surface area contributed by atoms with E-state index in [1.807, 2.05) is 0 Å². The molecule has 0 spiro atoms. The Morgan fingerprint density at radius 2 is 2.04 bits per heavy atom. The highest BCUT2D eigenvalue weighted by molar-refractivity contribution is 5.10. The maximum absolute atomic E-state index is 6.32. The molecule has 3 rings (SSSR count). The first-order chi connectivity index (χ1) is 12.1. The summed E-state index contributed by atoms with van der Waals surface area (Å²) in [5, 5.41) is 0. The first-order valence-electron chi connectivity index (χ1n) is 10.4. The van der Waals surface area contributed by atoms with Crippen molar-refractivity contribution in [3.05, 3.63) is 23.3 Å². The van der Waals surface area contributed by atoms with Crippen LogP contribution in [0.3, 0.4) is 0 Å². The summed E-state index contributed by atoms with van der Waals surface area (Å²) >= 11 is 0. The van der Waals surface area contributed by atoms with Gasteiger partial charge in [0.15, 0.2) is 6.29 Å². The Morgan fingerprint density at radius 1 is 1.24 bits per heavy atom. The van der Waals surface area contributed by atoms with Gasteiger partial charge >= 0.3 is 0 Å².